The number of alkyl halides is 2. The van der Waals surface area contributed by atoms with E-state index in [9.17, 15) is 0 Å². The minimum absolute atomic E-state index is 0.222. The average Bonchev–Trinajstić information content (AvgIpc) is 1.87. The SMILES string of the molecule is CC(Cl)Cl.Cc1ccccc1. The fourth-order valence-corrected chi connectivity index (χ4v) is 0.534. The van der Waals surface area contributed by atoms with Crippen LogP contribution in [0.25, 0.3) is 0 Å². The summed E-state index contributed by atoms with van der Waals surface area (Å²) < 4.78 is 0. The van der Waals surface area contributed by atoms with E-state index in [-0.39, 0.29) is 4.84 Å². The molecule has 62 valence electrons. The molecule has 0 aliphatic carbocycles. The van der Waals surface area contributed by atoms with Crippen LogP contribution in [0.1, 0.15) is 12.5 Å². The summed E-state index contributed by atoms with van der Waals surface area (Å²) in [5.74, 6) is 0. The summed E-state index contributed by atoms with van der Waals surface area (Å²) in [5.41, 5.74) is 1.32. The van der Waals surface area contributed by atoms with E-state index >= 15 is 0 Å². The Balaban J connectivity index is 0.000000218. The van der Waals surface area contributed by atoms with Crippen molar-refractivity contribution in [2.24, 2.45) is 0 Å². The molecule has 0 bridgehead atoms. The zero-order valence-corrected chi connectivity index (χ0v) is 8.23. The van der Waals surface area contributed by atoms with Crippen molar-refractivity contribution in [3.05, 3.63) is 35.9 Å². The minimum Gasteiger partial charge on any atom is -0.106 e. The Morgan fingerprint density at radius 1 is 1.09 bits per heavy atom. The molecule has 0 amide bonds. The van der Waals surface area contributed by atoms with E-state index in [4.69, 9.17) is 23.2 Å². The zero-order valence-electron chi connectivity index (χ0n) is 6.72. The van der Waals surface area contributed by atoms with E-state index in [2.05, 4.69) is 19.1 Å². The molecule has 0 aliphatic rings. The van der Waals surface area contributed by atoms with Crippen molar-refractivity contribution in [2.45, 2.75) is 18.7 Å². The van der Waals surface area contributed by atoms with Gasteiger partial charge >= 0.3 is 0 Å². The molecule has 0 aromatic heterocycles. The van der Waals surface area contributed by atoms with Crippen LogP contribution >= 0.6 is 23.2 Å². The summed E-state index contributed by atoms with van der Waals surface area (Å²) in [5, 5.41) is 0. The fraction of sp³-hybridized carbons (Fsp3) is 0.333. The lowest BCUT2D eigenvalue weighted by Crippen LogP contribution is -1.63. The predicted molar refractivity (Wildman–Crippen MR) is 52.3 cm³/mol. The van der Waals surface area contributed by atoms with E-state index in [1.165, 1.54) is 5.56 Å². The molecule has 0 unspecified atom stereocenters. The molecule has 0 atom stereocenters. The summed E-state index contributed by atoms with van der Waals surface area (Å²) in [6.07, 6.45) is 0. The highest BCUT2D eigenvalue weighted by molar-refractivity contribution is 6.43. The maximum Gasteiger partial charge on any atom is 0.105 e. The number of hydrogen-bond donors (Lipinski definition) is 0. The summed E-state index contributed by atoms with van der Waals surface area (Å²) in [7, 11) is 0. The molecule has 0 N–H and O–H groups in total. The molecule has 0 nitrogen and oxygen atoms in total. The lowest BCUT2D eigenvalue weighted by Gasteiger charge is -1.82. The first-order chi connectivity index (χ1) is 5.13. The Kier molecular flexibility index (Phi) is 6.39. The Morgan fingerprint density at radius 3 is 1.64 bits per heavy atom. The van der Waals surface area contributed by atoms with Crippen LogP contribution in [0.5, 0.6) is 0 Å². The molecule has 0 radical (unpaired) electrons. The second-order valence-corrected chi connectivity index (χ2v) is 3.71. The standard InChI is InChI=1S/C7H8.C2H4Cl2/c1-7-5-3-2-4-6-7;1-2(3)4/h2-6H,1H3;2H,1H3. The smallest absolute Gasteiger partial charge is 0.105 e. The summed E-state index contributed by atoms with van der Waals surface area (Å²) in [6, 6.07) is 10.3. The first kappa shape index (κ1) is 10.8. The third-order valence-corrected chi connectivity index (χ3v) is 0.940. The van der Waals surface area contributed by atoms with Crippen molar-refractivity contribution in [2.75, 3.05) is 0 Å². The average molecular weight is 191 g/mol. The Morgan fingerprint density at radius 2 is 1.45 bits per heavy atom. The van der Waals surface area contributed by atoms with Crippen LogP contribution in [0.2, 0.25) is 0 Å². The summed E-state index contributed by atoms with van der Waals surface area (Å²) >= 11 is 10.1. The van der Waals surface area contributed by atoms with Gasteiger partial charge in [0.05, 0.1) is 0 Å². The second kappa shape index (κ2) is 6.51. The van der Waals surface area contributed by atoms with Crippen molar-refractivity contribution >= 4 is 23.2 Å². The van der Waals surface area contributed by atoms with Crippen molar-refractivity contribution in [1.29, 1.82) is 0 Å². The maximum absolute atomic E-state index is 5.04. The Hall–Kier alpha value is -0.200. The van der Waals surface area contributed by atoms with Crippen LogP contribution in [0, 0.1) is 6.92 Å². The highest BCUT2D eigenvalue weighted by atomic mass is 35.5. The van der Waals surface area contributed by atoms with Gasteiger partial charge in [0, 0.05) is 0 Å². The molecule has 1 rings (SSSR count). The van der Waals surface area contributed by atoms with Gasteiger partial charge in [-0.05, 0) is 13.8 Å². The van der Waals surface area contributed by atoms with Gasteiger partial charge in [-0.3, -0.25) is 0 Å². The maximum atomic E-state index is 5.04. The Labute approximate surface area is 78.1 Å². The normalized spacial score (nSPS) is 8.82. The number of benzene rings is 1. The first-order valence-electron chi connectivity index (χ1n) is 3.42. The molecule has 11 heavy (non-hydrogen) atoms. The quantitative estimate of drug-likeness (QED) is 0.547. The molecule has 2 heteroatoms. The molecule has 0 heterocycles. The molecular formula is C9H12Cl2. The third kappa shape index (κ3) is 9.80. The van der Waals surface area contributed by atoms with Gasteiger partial charge in [0.2, 0.25) is 0 Å². The van der Waals surface area contributed by atoms with Gasteiger partial charge in [-0.1, -0.05) is 35.9 Å². The largest absolute Gasteiger partial charge is 0.106 e. The van der Waals surface area contributed by atoms with Crippen LogP contribution in [0.15, 0.2) is 30.3 Å². The molecule has 1 aromatic carbocycles. The summed E-state index contributed by atoms with van der Waals surface area (Å²) in [4.78, 5) is -0.222. The number of hydrogen-bond acceptors (Lipinski definition) is 0. The molecular weight excluding hydrogens is 179 g/mol. The van der Waals surface area contributed by atoms with Gasteiger partial charge in [0.1, 0.15) is 4.84 Å². The lowest BCUT2D eigenvalue weighted by molar-refractivity contribution is 1.39. The van der Waals surface area contributed by atoms with Crippen LogP contribution in [0.3, 0.4) is 0 Å². The van der Waals surface area contributed by atoms with Crippen LogP contribution in [-0.4, -0.2) is 4.84 Å². The Bertz CT molecular complexity index is 167. The minimum atomic E-state index is -0.222. The topological polar surface area (TPSA) is 0 Å². The van der Waals surface area contributed by atoms with E-state index in [0.29, 0.717) is 0 Å². The van der Waals surface area contributed by atoms with Crippen molar-refractivity contribution in [1.82, 2.24) is 0 Å². The number of halogens is 2. The lowest BCUT2D eigenvalue weighted by atomic mass is 10.2. The second-order valence-electron chi connectivity index (χ2n) is 2.17. The van der Waals surface area contributed by atoms with Gasteiger partial charge in [-0.25, -0.2) is 0 Å². The van der Waals surface area contributed by atoms with Gasteiger partial charge in [-0.15, -0.1) is 23.2 Å². The predicted octanol–water partition coefficient (Wildman–Crippen LogP) is 3.81. The summed E-state index contributed by atoms with van der Waals surface area (Å²) in [6.45, 7) is 3.78. The molecule has 0 fully saturated rings. The molecule has 1 aromatic rings. The molecule has 0 saturated carbocycles. The zero-order chi connectivity index (χ0) is 8.69. The van der Waals surface area contributed by atoms with Crippen molar-refractivity contribution < 1.29 is 0 Å². The van der Waals surface area contributed by atoms with E-state index in [1.807, 2.05) is 18.2 Å². The van der Waals surface area contributed by atoms with E-state index in [1.54, 1.807) is 6.92 Å². The highest BCUT2D eigenvalue weighted by Gasteiger charge is 1.75. The van der Waals surface area contributed by atoms with Gasteiger partial charge < -0.3 is 0 Å². The van der Waals surface area contributed by atoms with Crippen molar-refractivity contribution in [3.63, 3.8) is 0 Å². The van der Waals surface area contributed by atoms with Crippen LogP contribution < -0.4 is 0 Å². The van der Waals surface area contributed by atoms with Crippen LogP contribution in [-0.2, 0) is 0 Å². The number of rotatable bonds is 0. The molecule has 0 saturated heterocycles. The third-order valence-electron chi connectivity index (χ3n) is 0.940. The molecule has 0 aliphatic heterocycles. The van der Waals surface area contributed by atoms with Gasteiger partial charge in [0.25, 0.3) is 0 Å². The van der Waals surface area contributed by atoms with E-state index in [0.717, 1.165) is 0 Å². The highest BCUT2D eigenvalue weighted by Crippen LogP contribution is 1.95. The van der Waals surface area contributed by atoms with Crippen LogP contribution in [0.4, 0.5) is 0 Å². The number of aryl methyl sites for hydroxylation is 1. The van der Waals surface area contributed by atoms with Gasteiger partial charge in [-0.2, -0.15) is 0 Å². The fourth-order valence-electron chi connectivity index (χ4n) is 0.534. The van der Waals surface area contributed by atoms with Gasteiger partial charge in [0.15, 0.2) is 0 Å². The monoisotopic (exact) mass is 190 g/mol. The van der Waals surface area contributed by atoms with Crippen molar-refractivity contribution in [3.8, 4) is 0 Å². The first-order valence-corrected chi connectivity index (χ1v) is 4.30. The van der Waals surface area contributed by atoms with E-state index < -0.39 is 0 Å². The molecule has 0 spiro atoms.